The fourth-order valence-corrected chi connectivity index (χ4v) is 9.16. The highest BCUT2D eigenvalue weighted by atomic mass is 16.3. The molecule has 4 aliphatic rings. The van der Waals surface area contributed by atoms with Gasteiger partial charge in [0.1, 0.15) is 17.5 Å². The molecular weight excluding hydrogens is 584 g/mol. The minimum atomic E-state index is -2.73. The number of benzene rings is 2. The summed E-state index contributed by atoms with van der Waals surface area (Å²) in [4.78, 5) is 81.5. The minimum absolute atomic E-state index is 0.0100. The molecule has 0 spiro atoms. The van der Waals surface area contributed by atoms with Crippen LogP contribution in [0.5, 0.6) is 5.75 Å². The lowest BCUT2D eigenvalue weighted by Gasteiger charge is -2.61. The van der Waals surface area contributed by atoms with E-state index in [0.717, 1.165) is 23.6 Å². The first-order valence-electron chi connectivity index (χ1n) is 15.8. The van der Waals surface area contributed by atoms with Gasteiger partial charge in [-0.05, 0) is 71.4 Å². The average molecular weight is 623 g/mol. The highest BCUT2D eigenvalue weighted by Crippen LogP contribution is 2.64. The molecule has 8 heteroatoms. The van der Waals surface area contributed by atoms with E-state index in [1.807, 2.05) is 42.5 Å². The largest absolute Gasteiger partial charge is 0.507 e. The molecule has 0 saturated heterocycles. The van der Waals surface area contributed by atoms with E-state index in [1.54, 1.807) is 33.8 Å². The Morgan fingerprint density at radius 1 is 0.978 bits per heavy atom. The number of fused-ring (bicyclic) bond motifs is 3. The molecule has 3 unspecified atom stereocenters. The lowest BCUT2D eigenvalue weighted by Crippen LogP contribution is -2.76. The SMILES string of the molecule is CC(=O)C1C(=O)C(C(C)C)[C@@]2(C)C[C@@]3(C)Cc4c(-c5ccc(CC(=O)C6=CC=CC6)cc5)ccc(O)c4C(=O)C3C(=O)[C@@]2(O)C1=O. The summed E-state index contributed by atoms with van der Waals surface area (Å²) in [5, 5.41) is 23.1. The highest BCUT2D eigenvalue weighted by Gasteiger charge is 2.76. The maximum Gasteiger partial charge on any atom is 0.190 e. The van der Waals surface area contributed by atoms with Crippen molar-refractivity contribution in [3.8, 4) is 16.9 Å². The van der Waals surface area contributed by atoms with Gasteiger partial charge in [0.05, 0.1) is 11.5 Å². The monoisotopic (exact) mass is 622 g/mol. The van der Waals surface area contributed by atoms with E-state index >= 15 is 0 Å². The summed E-state index contributed by atoms with van der Waals surface area (Å²) in [5.41, 5.74) is -1.90. The van der Waals surface area contributed by atoms with Gasteiger partial charge < -0.3 is 10.2 Å². The van der Waals surface area contributed by atoms with Gasteiger partial charge in [-0.15, -0.1) is 0 Å². The van der Waals surface area contributed by atoms with Crippen molar-refractivity contribution in [2.24, 2.45) is 34.5 Å². The molecule has 6 atom stereocenters. The van der Waals surface area contributed by atoms with E-state index in [9.17, 15) is 39.0 Å². The molecule has 0 amide bonds. The lowest BCUT2D eigenvalue weighted by atomic mass is 9.40. The summed E-state index contributed by atoms with van der Waals surface area (Å²) in [6.45, 7) is 7.94. The normalized spacial score (nSPS) is 31.8. The van der Waals surface area contributed by atoms with E-state index in [2.05, 4.69) is 0 Å². The van der Waals surface area contributed by atoms with Crippen LogP contribution in [0.2, 0.25) is 0 Å². The summed E-state index contributed by atoms with van der Waals surface area (Å²) in [6, 6.07) is 10.5. The molecule has 0 heterocycles. The molecule has 2 aromatic carbocycles. The van der Waals surface area contributed by atoms with Crippen molar-refractivity contribution in [1.82, 2.24) is 0 Å². The molecule has 238 valence electrons. The first-order chi connectivity index (χ1) is 21.6. The number of aromatic hydroxyl groups is 1. The molecule has 2 N–H and O–H groups in total. The first-order valence-corrected chi connectivity index (χ1v) is 15.8. The highest BCUT2D eigenvalue weighted by molar-refractivity contribution is 6.32. The molecule has 46 heavy (non-hydrogen) atoms. The fourth-order valence-electron chi connectivity index (χ4n) is 9.16. The molecule has 2 aromatic rings. The van der Waals surface area contributed by atoms with E-state index in [1.165, 1.54) is 6.07 Å². The van der Waals surface area contributed by atoms with Crippen molar-refractivity contribution in [2.75, 3.05) is 0 Å². The van der Waals surface area contributed by atoms with Gasteiger partial charge in [0.25, 0.3) is 0 Å². The number of phenolic OH excluding ortho intramolecular Hbond substituents is 1. The fraction of sp³-hybridized carbons (Fsp3) is 0.421. The number of carbonyl (C=O) groups excluding carboxylic acids is 6. The average Bonchev–Trinajstić information content (AvgIpc) is 3.51. The molecule has 0 bridgehead atoms. The van der Waals surface area contributed by atoms with Gasteiger partial charge in [-0.3, -0.25) is 28.8 Å². The third kappa shape index (κ3) is 4.29. The number of hydrogen-bond donors (Lipinski definition) is 2. The van der Waals surface area contributed by atoms with Gasteiger partial charge in [-0.2, -0.15) is 0 Å². The molecule has 0 aromatic heterocycles. The molecule has 0 aliphatic heterocycles. The van der Waals surface area contributed by atoms with Gasteiger partial charge in [0, 0.05) is 17.8 Å². The second kappa shape index (κ2) is 10.6. The predicted octanol–water partition coefficient (Wildman–Crippen LogP) is 4.76. The van der Waals surface area contributed by atoms with E-state index < -0.39 is 69.0 Å². The summed E-state index contributed by atoms with van der Waals surface area (Å²) in [7, 11) is 0. The second-order valence-corrected chi connectivity index (χ2v) is 14.4. The van der Waals surface area contributed by atoms with Crippen molar-refractivity contribution in [3.05, 3.63) is 76.9 Å². The Balaban J connectivity index is 1.43. The van der Waals surface area contributed by atoms with Crippen molar-refractivity contribution >= 4 is 34.7 Å². The maximum atomic E-state index is 14.5. The Morgan fingerprint density at radius 3 is 2.24 bits per heavy atom. The van der Waals surface area contributed by atoms with Crippen LogP contribution in [0.3, 0.4) is 0 Å². The van der Waals surface area contributed by atoms with Crippen LogP contribution in [0.1, 0.15) is 68.9 Å². The zero-order chi connectivity index (χ0) is 33.5. The van der Waals surface area contributed by atoms with Gasteiger partial charge in [0.2, 0.25) is 0 Å². The van der Waals surface area contributed by atoms with Crippen molar-refractivity contribution < 1.29 is 39.0 Å². The second-order valence-electron chi connectivity index (χ2n) is 14.4. The Kier molecular flexibility index (Phi) is 7.32. The molecule has 0 radical (unpaired) electrons. The smallest absolute Gasteiger partial charge is 0.190 e. The Hall–Kier alpha value is -4.30. The summed E-state index contributed by atoms with van der Waals surface area (Å²) >= 11 is 0. The van der Waals surface area contributed by atoms with Crippen LogP contribution >= 0.6 is 0 Å². The zero-order valence-electron chi connectivity index (χ0n) is 26.7. The zero-order valence-corrected chi connectivity index (χ0v) is 26.7. The van der Waals surface area contributed by atoms with Crippen LogP contribution in [-0.2, 0) is 36.8 Å². The number of carbonyl (C=O) groups is 6. The number of aliphatic hydroxyl groups is 1. The number of allylic oxidation sites excluding steroid dienone is 4. The molecule has 2 fully saturated rings. The number of rotatable bonds is 6. The maximum absolute atomic E-state index is 14.5. The number of Topliss-reactive ketones (excluding diaryl/α,β-unsaturated/α-hetero) is 6. The van der Waals surface area contributed by atoms with E-state index in [4.69, 9.17) is 0 Å². The molecule has 2 saturated carbocycles. The van der Waals surface area contributed by atoms with E-state index in [0.29, 0.717) is 17.5 Å². The Bertz CT molecular complexity index is 1810. The summed E-state index contributed by atoms with van der Waals surface area (Å²) in [5.74, 6) is -9.14. The molecule has 6 rings (SSSR count). The standard InChI is InChI=1S/C38H38O8/c1-19(2)30-32(42)28(20(3)39)34(44)38(46)35(45)31-33(43)29-25(17-36(31,4)18-37(30,38)5)24(14-15-26(29)40)22-12-10-21(11-13-22)16-27(41)23-8-6-7-9-23/h6-8,10-15,19,28,30-31,40,46H,9,16-18H2,1-5H3/t28?,30?,31?,36-,37-,38+/m1/s1. The van der Waals surface area contributed by atoms with Crippen LogP contribution in [0.25, 0.3) is 11.1 Å². The molecular formula is C38H38O8. The Morgan fingerprint density at radius 2 is 1.65 bits per heavy atom. The van der Waals surface area contributed by atoms with Crippen LogP contribution in [0, 0.1) is 34.5 Å². The number of phenols is 1. The van der Waals surface area contributed by atoms with Gasteiger partial charge in [0.15, 0.2) is 34.5 Å². The number of hydrogen-bond acceptors (Lipinski definition) is 8. The van der Waals surface area contributed by atoms with Crippen LogP contribution in [0.15, 0.2) is 60.2 Å². The van der Waals surface area contributed by atoms with E-state index in [-0.39, 0.29) is 36.4 Å². The lowest BCUT2D eigenvalue weighted by molar-refractivity contribution is -0.205. The topological polar surface area (TPSA) is 143 Å². The molecule has 8 nitrogen and oxygen atoms in total. The third-order valence-corrected chi connectivity index (χ3v) is 11.0. The van der Waals surface area contributed by atoms with Crippen LogP contribution in [-0.4, -0.2) is 50.5 Å². The van der Waals surface area contributed by atoms with Crippen molar-refractivity contribution in [2.45, 2.75) is 65.9 Å². The van der Waals surface area contributed by atoms with Crippen LogP contribution < -0.4 is 0 Å². The van der Waals surface area contributed by atoms with Gasteiger partial charge in [-0.25, -0.2) is 0 Å². The van der Waals surface area contributed by atoms with Crippen LogP contribution in [0.4, 0.5) is 0 Å². The van der Waals surface area contributed by atoms with Crippen molar-refractivity contribution in [1.29, 1.82) is 0 Å². The number of ketones is 6. The minimum Gasteiger partial charge on any atom is -0.507 e. The summed E-state index contributed by atoms with van der Waals surface area (Å²) in [6.07, 6.45) is 6.66. The van der Waals surface area contributed by atoms with Crippen molar-refractivity contribution in [3.63, 3.8) is 0 Å². The molecule has 4 aliphatic carbocycles. The van der Waals surface area contributed by atoms with Gasteiger partial charge in [-0.1, -0.05) is 76.3 Å². The van der Waals surface area contributed by atoms with Gasteiger partial charge >= 0.3 is 0 Å². The quantitative estimate of drug-likeness (QED) is 0.439. The predicted molar refractivity (Wildman–Crippen MR) is 169 cm³/mol. The Labute approximate surface area is 267 Å². The summed E-state index contributed by atoms with van der Waals surface area (Å²) < 4.78 is 0. The third-order valence-electron chi connectivity index (χ3n) is 11.0. The first kappa shape index (κ1) is 31.7.